The van der Waals surface area contributed by atoms with E-state index in [4.69, 9.17) is 4.74 Å². The predicted molar refractivity (Wildman–Crippen MR) is 95.8 cm³/mol. The largest absolute Gasteiger partial charge is 0.380 e. The first-order valence-corrected chi connectivity index (χ1v) is 9.51. The van der Waals surface area contributed by atoms with Crippen molar-refractivity contribution in [1.29, 1.82) is 0 Å². The quantitative estimate of drug-likeness (QED) is 0.834. The van der Waals surface area contributed by atoms with E-state index in [0.717, 1.165) is 82.4 Å². The number of likely N-dealkylation sites (tertiary alicyclic amines) is 1. The first-order chi connectivity index (χ1) is 12.3. The third-order valence-electron chi connectivity index (χ3n) is 5.42. The molecule has 4 rings (SSSR count). The van der Waals surface area contributed by atoms with Gasteiger partial charge in [0.15, 0.2) is 11.5 Å². The Labute approximate surface area is 149 Å². The standard InChI is InChI=1S/C18H28N6O/c1-15-3-4-17-19-20-18(24(17)21-15)16-5-8-23(9-6-16)11-10-22-7-2-13-25-14-12-22/h3-4,16H,2,5-14H2,1H3. The molecule has 7 nitrogen and oxygen atoms in total. The van der Waals surface area contributed by atoms with Gasteiger partial charge in [-0.25, -0.2) is 0 Å². The Hall–Kier alpha value is -1.57. The lowest BCUT2D eigenvalue weighted by Gasteiger charge is -2.32. The summed E-state index contributed by atoms with van der Waals surface area (Å²) in [5.74, 6) is 1.50. The number of rotatable bonds is 4. The molecule has 4 heterocycles. The number of aryl methyl sites for hydroxylation is 1. The second-order valence-electron chi connectivity index (χ2n) is 7.23. The molecule has 0 N–H and O–H groups in total. The number of nitrogens with zero attached hydrogens (tertiary/aromatic N) is 6. The average molecular weight is 344 g/mol. The Kier molecular flexibility index (Phi) is 5.24. The predicted octanol–water partition coefficient (Wildman–Crippen LogP) is 1.33. The topological polar surface area (TPSA) is 58.8 Å². The van der Waals surface area contributed by atoms with Gasteiger partial charge in [-0.15, -0.1) is 10.2 Å². The van der Waals surface area contributed by atoms with Crippen molar-refractivity contribution in [2.24, 2.45) is 0 Å². The van der Waals surface area contributed by atoms with Gasteiger partial charge in [-0.2, -0.15) is 9.61 Å². The van der Waals surface area contributed by atoms with Gasteiger partial charge < -0.3 is 9.64 Å². The van der Waals surface area contributed by atoms with Crippen LogP contribution >= 0.6 is 0 Å². The Morgan fingerprint density at radius 3 is 2.64 bits per heavy atom. The zero-order chi connectivity index (χ0) is 17.1. The molecular formula is C18H28N6O. The molecule has 2 saturated heterocycles. The summed E-state index contributed by atoms with van der Waals surface area (Å²) in [6.45, 7) is 10.6. The fourth-order valence-corrected chi connectivity index (χ4v) is 3.87. The fourth-order valence-electron chi connectivity index (χ4n) is 3.87. The Morgan fingerprint density at radius 2 is 1.80 bits per heavy atom. The van der Waals surface area contributed by atoms with E-state index >= 15 is 0 Å². The first-order valence-electron chi connectivity index (χ1n) is 9.51. The molecule has 0 bridgehead atoms. The second kappa shape index (κ2) is 7.76. The summed E-state index contributed by atoms with van der Waals surface area (Å²) in [4.78, 5) is 5.13. The minimum Gasteiger partial charge on any atom is -0.380 e. The van der Waals surface area contributed by atoms with E-state index in [1.54, 1.807) is 0 Å². The van der Waals surface area contributed by atoms with Crippen molar-refractivity contribution in [3.8, 4) is 0 Å². The van der Waals surface area contributed by atoms with Crippen LogP contribution in [-0.2, 0) is 4.74 Å². The van der Waals surface area contributed by atoms with Gasteiger partial charge in [0.2, 0.25) is 0 Å². The van der Waals surface area contributed by atoms with Crippen LogP contribution in [0, 0.1) is 6.92 Å². The molecular weight excluding hydrogens is 316 g/mol. The highest BCUT2D eigenvalue weighted by Gasteiger charge is 2.25. The molecule has 2 fully saturated rings. The Bertz CT molecular complexity index is 686. The molecule has 136 valence electrons. The van der Waals surface area contributed by atoms with E-state index < -0.39 is 0 Å². The summed E-state index contributed by atoms with van der Waals surface area (Å²) < 4.78 is 7.48. The molecule has 0 aliphatic carbocycles. The van der Waals surface area contributed by atoms with Gasteiger partial charge in [0, 0.05) is 38.7 Å². The van der Waals surface area contributed by atoms with E-state index in [-0.39, 0.29) is 0 Å². The summed E-state index contributed by atoms with van der Waals surface area (Å²) in [6, 6.07) is 3.99. The zero-order valence-electron chi connectivity index (χ0n) is 15.1. The highest BCUT2D eigenvalue weighted by atomic mass is 16.5. The molecule has 2 aliphatic rings. The lowest BCUT2D eigenvalue weighted by molar-refractivity contribution is 0.134. The van der Waals surface area contributed by atoms with Gasteiger partial charge in [-0.05, 0) is 51.4 Å². The molecule has 0 atom stereocenters. The molecule has 7 heteroatoms. The lowest BCUT2D eigenvalue weighted by atomic mass is 9.96. The monoisotopic (exact) mass is 344 g/mol. The molecule has 2 aromatic rings. The van der Waals surface area contributed by atoms with E-state index in [1.807, 2.05) is 23.6 Å². The SMILES string of the molecule is Cc1ccc2nnc(C3CCN(CCN4CCCOCC4)CC3)n2n1. The van der Waals surface area contributed by atoms with E-state index in [1.165, 1.54) is 6.54 Å². The van der Waals surface area contributed by atoms with Gasteiger partial charge in [0.05, 0.1) is 12.3 Å². The number of hydrogen-bond donors (Lipinski definition) is 0. The van der Waals surface area contributed by atoms with Crippen LogP contribution in [0.15, 0.2) is 12.1 Å². The molecule has 0 radical (unpaired) electrons. The number of fused-ring (bicyclic) bond motifs is 1. The van der Waals surface area contributed by atoms with Crippen molar-refractivity contribution >= 4 is 5.65 Å². The molecule has 0 amide bonds. The molecule has 2 aromatic heterocycles. The van der Waals surface area contributed by atoms with E-state index in [0.29, 0.717) is 5.92 Å². The maximum atomic E-state index is 5.54. The van der Waals surface area contributed by atoms with Crippen molar-refractivity contribution in [3.63, 3.8) is 0 Å². The van der Waals surface area contributed by atoms with Crippen LogP contribution in [0.1, 0.15) is 36.7 Å². The van der Waals surface area contributed by atoms with Crippen LogP contribution in [0.2, 0.25) is 0 Å². The number of aromatic nitrogens is 4. The molecule has 0 saturated carbocycles. The van der Waals surface area contributed by atoms with Crippen LogP contribution in [0.4, 0.5) is 0 Å². The minimum absolute atomic E-state index is 0.465. The summed E-state index contributed by atoms with van der Waals surface area (Å²) >= 11 is 0. The van der Waals surface area contributed by atoms with Crippen molar-refractivity contribution in [3.05, 3.63) is 23.7 Å². The average Bonchev–Trinajstić information content (AvgIpc) is 2.87. The third kappa shape index (κ3) is 3.99. The lowest BCUT2D eigenvalue weighted by Crippen LogP contribution is -2.40. The number of piperidine rings is 1. The Morgan fingerprint density at radius 1 is 1.00 bits per heavy atom. The number of hydrogen-bond acceptors (Lipinski definition) is 6. The fraction of sp³-hybridized carbons (Fsp3) is 0.722. The van der Waals surface area contributed by atoms with E-state index in [9.17, 15) is 0 Å². The van der Waals surface area contributed by atoms with Gasteiger partial charge in [-0.3, -0.25) is 4.90 Å². The van der Waals surface area contributed by atoms with Crippen LogP contribution < -0.4 is 0 Å². The molecule has 0 aromatic carbocycles. The highest BCUT2D eigenvalue weighted by molar-refractivity contribution is 5.36. The van der Waals surface area contributed by atoms with Crippen molar-refractivity contribution in [2.75, 3.05) is 52.5 Å². The maximum absolute atomic E-state index is 5.54. The Balaban J connectivity index is 1.31. The highest BCUT2D eigenvalue weighted by Crippen LogP contribution is 2.26. The summed E-state index contributed by atoms with van der Waals surface area (Å²) in [5.41, 5.74) is 1.86. The molecule has 0 spiro atoms. The van der Waals surface area contributed by atoms with Gasteiger partial charge >= 0.3 is 0 Å². The van der Waals surface area contributed by atoms with Crippen molar-refractivity contribution in [2.45, 2.75) is 32.1 Å². The summed E-state index contributed by atoms with van der Waals surface area (Å²) in [6.07, 6.45) is 3.44. The van der Waals surface area contributed by atoms with Gasteiger partial charge in [0.1, 0.15) is 0 Å². The van der Waals surface area contributed by atoms with Gasteiger partial charge in [-0.1, -0.05) is 0 Å². The second-order valence-corrected chi connectivity index (χ2v) is 7.23. The van der Waals surface area contributed by atoms with Gasteiger partial charge in [0.25, 0.3) is 0 Å². The van der Waals surface area contributed by atoms with E-state index in [2.05, 4.69) is 25.1 Å². The van der Waals surface area contributed by atoms with Crippen molar-refractivity contribution in [1.82, 2.24) is 29.6 Å². The van der Waals surface area contributed by atoms with Crippen molar-refractivity contribution < 1.29 is 4.74 Å². The molecule has 2 aliphatic heterocycles. The minimum atomic E-state index is 0.465. The molecule has 0 unspecified atom stereocenters. The molecule has 25 heavy (non-hydrogen) atoms. The normalized spacial score (nSPS) is 21.6. The van der Waals surface area contributed by atoms with Crippen LogP contribution in [0.3, 0.4) is 0 Å². The van der Waals surface area contributed by atoms with Crippen LogP contribution in [0.25, 0.3) is 5.65 Å². The first kappa shape index (κ1) is 16.9. The zero-order valence-corrected chi connectivity index (χ0v) is 15.1. The maximum Gasteiger partial charge on any atom is 0.177 e. The summed E-state index contributed by atoms with van der Waals surface area (Å²) in [7, 11) is 0. The van der Waals surface area contributed by atoms with Crippen LogP contribution in [-0.4, -0.2) is 82.1 Å². The van der Waals surface area contributed by atoms with Crippen LogP contribution in [0.5, 0.6) is 0 Å². The smallest absolute Gasteiger partial charge is 0.177 e. The number of ether oxygens (including phenoxy) is 1. The summed E-state index contributed by atoms with van der Waals surface area (Å²) in [5, 5.41) is 13.3. The third-order valence-corrected chi connectivity index (χ3v) is 5.42.